The zero-order valence-corrected chi connectivity index (χ0v) is 12.8. The smallest absolute Gasteiger partial charge is 0.126 e. The monoisotopic (exact) mass is 279 g/mol. The molecule has 0 amide bonds. The van der Waals surface area contributed by atoms with Gasteiger partial charge in [0.2, 0.25) is 0 Å². The zero-order chi connectivity index (χ0) is 14.7. The van der Waals surface area contributed by atoms with Crippen molar-refractivity contribution >= 4 is 5.69 Å². The van der Waals surface area contributed by atoms with E-state index in [9.17, 15) is 9.50 Å². The lowest BCUT2D eigenvalue weighted by atomic mass is 9.92. The quantitative estimate of drug-likeness (QED) is 0.886. The van der Waals surface area contributed by atoms with Crippen LogP contribution in [-0.2, 0) is 0 Å². The van der Waals surface area contributed by atoms with Gasteiger partial charge in [0.05, 0.1) is 6.10 Å². The summed E-state index contributed by atoms with van der Waals surface area (Å²) in [6, 6.07) is 3.92. The minimum absolute atomic E-state index is 0.232. The van der Waals surface area contributed by atoms with E-state index in [1.807, 2.05) is 6.07 Å². The van der Waals surface area contributed by atoms with Gasteiger partial charge < -0.3 is 10.0 Å². The molecule has 1 N–H and O–H groups in total. The predicted octanol–water partition coefficient (Wildman–Crippen LogP) is 4.35. The third-order valence-electron chi connectivity index (χ3n) is 4.42. The highest BCUT2D eigenvalue weighted by molar-refractivity contribution is 5.57. The van der Waals surface area contributed by atoms with Crippen molar-refractivity contribution in [3.63, 3.8) is 0 Å². The molecule has 0 radical (unpaired) electrons. The molecule has 0 heterocycles. The SMILES string of the molecule is CCN(c1cc(C)c(F)cc1C(C)O)C1CCCCC1. The number of aryl methyl sites for hydroxylation is 1. The van der Waals surface area contributed by atoms with Crippen LogP contribution >= 0.6 is 0 Å². The van der Waals surface area contributed by atoms with Crippen LogP contribution in [0.2, 0.25) is 0 Å². The number of nitrogens with zero attached hydrogens (tertiary/aromatic N) is 1. The Morgan fingerprint density at radius 3 is 2.50 bits per heavy atom. The van der Waals surface area contributed by atoms with Crippen molar-refractivity contribution in [3.05, 3.63) is 29.1 Å². The van der Waals surface area contributed by atoms with Gasteiger partial charge in [-0.15, -0.1) is 0 Å². The first-order valence-corrected chi connectivity index (χ1v) is 7.79. The number of hydrogen-bond acceptors (Lipinski definition) is 2. The molecule has 1 unspecified atom stereocenters. The average Bonchev–Trinajstić information content (AvgIpc) is 2.44. The lowest BCUT2D eigenvalue weighted by Crippen LogP contribution is -2.37. The number of anilines is 1. The van der Waals surface area contributed by atoms with Gasteiger partial charge in [0.15, 0.2) is 0 Å². The second-order valence-electron chi connectivity index (χ2n) is 5.91. The molecule has 1 aromatic carbocycles. The first-order chi connectivity index (χ1) is 9.54. The fourth-order valence-corrected chi connectivity index (χ4v) is 3.28. The topological polar surface area (TPSA) is 23.5 Å². The molecule has 0 aliphatic heterocycles. The summed E-state index contributed by atoms with van der Waals surface area (Å²) in [5.41, 5.74) is 2.37. The Hall–Kier alpha value is -1.09. The summed E-state index contributed by atoms with van der Waals surface area (Å²) in [6.07, 6.45) is 5.61. The van der Waals surface area contributed by atoms with Crippen LogP contribution in [0.1, 0.15) is 63.2 Å². The van der Waals surface area contributed by atoms with E-state index >= 15 is 0 Å². The molecule has 1 aromatic rings. The van der Waals surface area contributed by atoms with Crippen LogP contribution in [-0.4, -0.2) is 17.7 Å². The first kappa shape index (κ1) is 15.3. The Kier molecular flexibility index (Phi) is 5.03. The van der Waals surface area contributed by atoms with Gasteiger partial charge in [0, 0.05) is 23.8 Å². The van der Waals surface area contributed by atoms with Gasteiger partial charge in [-0.05, 0) is 51.3 Å². The van der Waals surface area contributed by atoms with Crippen molar-refractivity contribution in [2.45, 2.75) is 65.0 Å². The molecule has 1 atom stereocenters. The third-order valence-corrected chi connectivity index (χ3v) is 4.42. The van der Waals surface area contributed by atoms with Gasteiger partial charge in [0.25, 0.3) is 0 Å². The molecule has 0 saturated heterocycles. The van der Waals surface area contributed by atoms with Gasteiger partial charge in [0.1, 0.15) is 5.82 Å². The van der Waals surface area contributed by atoms with Crippen LogP contribution in [0.25, 0.3) is 0 Å². The van der Waals surface area contributed by atoms with Crippen LogP contribution in [0.5, 0.6) is 0 Å². The van der Waals surface area contributed by atoms with E-state index in [1.54, 1.807) is 13.8 Å². The minimum Gasteiger partial charge on any atom is -0.389 e. The van der Waals surface area contributed by atoms with Crippen LogP contribution in [0.4, 0.5) is 10.1 Å². The molecule has 0 spiro atoms. The Balaban J connectivity index is 2.39. The van der Waals surface area contributed by atoms with E-state index in [-0.39, 0.29) is 5.82 Å². The van der Waals surface area contributed by atoms with Gasteiger partial charge in [-0.1, -0.05) is 19.3 Å². The van der Waals surface area contributed by atoms with E-state index in [0.29, 0.717) is 17.2 Å². The second kappa shape index (κ2) is 6.57. The number of rotatable bonds is 4. The van der Waals surface area contributed by atoms with Gasteiger partial charge in [-0.25, -0.2) is 4.39 Å². The first-order valence-electron chi connectivity index (χ1n) is 7.79. The third kappa shape index (κ3) is 3.14. The standard InChI is InChI=1S/C17H26FNO/c1-4-19(14-8-6-5-7-9-14)17-10-12(2)16(18)11-15(17)13(3)20/h10-11,13-14,20H,4-9H2,1-3H3. The molecule has 1 aliphatic carbocycles. The summed E-state index contributed by atoms with van der Waals surface area (Å²) in [4.78, 5) is 2.35. The van der Waals surface area contributed by atoms with Crippen LogP contribution in [0, 0.1) is 12.7 Å². The van der Waals surface area contributed by atoms with E-state index in [4.69, 9.17) is 0 Å². The van der Waals surface area contributed by atoms with Gasteiger partial charge in [-0.2, -0.15) is 0 Å². The molecular weight excluding hydrogens is 253 g/mol. The van der Waals surface area contributed by atoms with E-state index < -0.39 is 6.10 Å². The van der Waals surface area contributed by atoms with E-state index in [0.717, 1.165) is 12.2 Å². The van der Waals surface area contributed by atoms with Crippen LogP contribution in [0.15, 0.2) is 12.1 Å². The van der Waals surface area contributed by atoms with Crippen molar-refractivity contribution in [1.82, 2.24) is 0 Å². The summed E-state index contributed by atoms with van der Waals surface area (Å²) in [5.74, 6) is -0.232. The molecule has 20 heavy (non-hydrogen) atoms. The number of benzene rings is 1. The highest BCUT2D eigenvalue weighted by Crippen LogP contribution is 2.34. The van der Waals surface area contributed by atoms with Crippen LogP contribution in [0.3, 0.4) is 0 Å². The molecule has 1 aliphatic rings. The Labute approximate surface area is 121 Å². The van der Waals surface area contributed by atoms with Crippen molar-refractivity contribution in [3.8, 4) is 0 Å². The molecule has 0 aromatic heterocycles. The number of aliphatic hydroxyl groups is 1. The maximum absolute atomic E-state index is 13.8. The largest absolute Gasteiger partial charge is 0.389 e. The van der Waals surface area contributed by atoms with E-state index in [2.05, 4.69) is 11.8 Å². The molecule has 0 bridgehead atoms. The lowest BCUT2D eigenvalue weighted by Gasteiger charge is -2.37. The maximum Gasteiger partial charge on any atom is 0.126 e. The maximum atomic E-state index is 13.8. The summed E-state index contributed by atoms with van der Waals surface area (Å²) < 4.78 is 13.8. The highest BCUT2D eigenvalue weighted by atomic mass is 19.1. The molecular formula is C17H26FNO. The molecule has 2 nitrogen and oxygen atoms in total. The zero-order valence-electron chi connectivity index (χ0n) is 12.8. The van der Waals surface area contributed by atoms with Gasteiger partial charge in [-0.3, -0.25) is 0 Å². The van der Waals surface area contributed by atoms with Crippen LogP contribution < -0.4 is 4.90 Å². The Bertz CT molecular complexity index is 453. The Morgan fingerprint density at radius 2 is 1.95 bits per heavy atom. The summed E-state index contributed by atoms with van der Waals surface area (Å²) in [5, 5.41) is 9.97. The Morgan fingerprint density at radius 1 is 1.30 bits per heavy atom. The molecule has 2 rings (SSSR count). The highest BCUT2D eigenvalue weighted by Gasteiger charge is 2.24. The molecule has 112 valence electrons. The minimum atomic E-state index is -0.641. The predicted molar refractivity (Wildman–Crippen MR) is 81.7 cm³/mol. The number of halogens is 1. The molecule has 3 heteroatoms. The van der Waals surface area contributed by atoms with Crippen molar-refractivity contribution in [2.75, 3.05) is 11.4 Å². The molecule has 1 saturated carbocycles. The van der Waals surface area contributed by atoms with Crippen molar-refractivity contribution in [1.29, 1.82) is 0 Å². The average molecular weight is 279 g/mol. The summed E-state index contributed by atoms with van der Waals surface area (Å²) in [7, 11) is 0. The fraction of sp³-hybridized carbons (Fsp3) is 0.647. The summed E-state index contributed by atoms with van der Waals surface area (Å²) >= 11 is 0. The van der Waals surface area contributed by atoms with Crippen molar-refractivity contribution < 1.29 is 9.50 Å². The summed E-state index contributed by atoms with van der Waals surface area (Å²) in [6.45, 7) is 6.54. The molecule has 1 fully saturated rings. The second-order valence-corrected chi connectivity index (χ2v) is 5.91. The fourth-order valence-electron chi connectivity index (χ4n) is 3.28. The number of aliphatic hydroxyl groups excluding tert-OH is 1. The lowest BCUT2D eigenvalue weighted by molar-refractivity contribution is 0.199. The van der Waals surface area contributed by atoms with Crippen molar-refractivity contribution in [2.24, 2.45) is 0 Å². The normalized spacial score (nSPS) is 18.1. The van der Waals surface area contributed by atoms with E-state index in [1.165, 1.54) is 38.2 Å². The van der Waals surface area contributed by atoms with Gasteiger partial charge >= 0.3 is 0 Å². The number of hydrogen-bond donors (Lipinski definition) is 1.